The van der Waals surface area contributed by atoms with Crippen LogP contribution in [0.1, 0.15) is 47.4 Å². The average Bonchev–Trinajstić information content (AvgIpc) is 3.06. The zero-order chi connectivity index (χ0) is 20.3. The van der Waals surface area contributed by atoms with Crippen LogP contribution in [0.3, 0.4) is 0 Å². The Morgan fingerprint density at radius 2 is 1.93 bits per heavy atom. The van der Waals surface area contributed by atoms with E-state index >= 15 is 0 Å². The predicted molar refractivity (Wildman–Crippen MR) is 116 cm³/mol. The molecule has 5 heteroatoms. The topological polar surface area (TPSA) is 64.7 Å². The Kier molecular flexibility index (Phi) is 6.69. The molecule has 2 aromatic rings. The summed E-state index contributed by atoms with van der Waals surface area (Å²) in [5.74, 6) is 2.20. The fourth-order valence-corrected chi connectivity index (χ4v) is 4.77. The molecule has 0 saturated heterocycles. The average molecular weight is 448 g/mol. The molecule has 0 amide bonds. The number of rotatable bonds is 7. The molecule has 0 radical (unpaired) electrons. The second-order valence-electron chi connectivity index (χ2n) is 8.01. The Hall–Kier alpha value is -1.56. The van der Waals surface area contributed by atoms with Crippen molar-refractivity contribution in [3.8, 4) is 11.5 Å². The third-order valence-corrected chi connectivity index (χ3v) is 6.38. The van der Waals surface area contributed by atoms with E-state index in [0.717, 1.165) is 52.8 Å². The third kappa shape index (κ3) is 4.70. The predicted octanol–water partition coefficient (Wildman–Crippen LogP) is 4.65. The molecule has 0 aromatic heterocycles. The summed E-state index contributed by atoms with van der Waals surface area (Å²) in [6.07, 6.45) is 3.55. The minimum Gasteiger partial charge on any atom is -0.496 e. The maximum Gasteiger partial charge on any atom is 0.133 e. The molecular weight excluding hydrogens is 418 g/mol. The second-order valence-corrected chi connectivity index (χ2v) is 8.87. The number of halogens is 1. The Morgan fingerprint density at radius 1 is 1.21 bits per heavy atom. The van der Waals surface area contributed by atoms with Gasteiger partial charge in [-0.25, -0.2) is 0 Å². The van der Waals surface area contributed by atoms with Gasteiger partial charge >= 0.3 is 0 Å². The zero-order valence-corrected chi connectivity index (χ0v) is 18.5. The van der Waals surface area contributed by atoms with Gasteiger partial charge in [-0.05, 0) is 89.3 Å². The third-order valence-electron chi connectivity index (χ3n) is 5.76. The van der Waals surface area contributed by atoms with E-state index in [1.807, 2.05) is 6.07 Å². The number of nitrogens with two attached hydrogens (primary N) is 1. The molecule has 4 nitrogen and oxygen atoms in total. The van der Waals surface area contributed by atoms with Gasteiger partial charge in [-0.15, -0.1) is 0 Å². The maximum absolute atomic E-state index is 9.48. The summed E-state index contributed by atoms with van der Waals surface area (Å²) in [6.45, 7) is 4.81. The molecule has 0 aliphatic heterocycles. The second kappa shape index (κ2) is 8.85. The highest BCUT2D eigenvalue weighted by molar-refractivity contribution is 9.10. The van der Waals surface area contributed by atoms with Crippen LogP contribution in [0.25, 0.3) is 0 Å². The fraction of sp³-hybridized carbons (Fsp3) is 0.478. The van der Waals surface area contributed by atoms with Crippen LogP contribution in [0.5, 0.6) is 11.5 Å². The van der Waals surface area contributed by atoms with Crippen LogP contribution in [0, 0.1) is 13.8 Å². The first-order valence-corrected chi connectivity index (χ1v) is 10.6. The van der Waals surface area contributed by atoms with Crippen LogP contribution in [0.15, 0.2) is 34.8 Å². The first kappa shape index (κ1) is 21.2. The van der Waals surface area contributed by atoms with Gasteiger partial charge in [0.15, 0.2) is 0 Å². The molecule has 0 bridgehead atoms. The van der Waals surface area contributed by atoms with Crippen LogP contribution in [-0.4, -0.2) is 31.0 Å². The van der Waals surface area contributed by atoms with Crippen molar-refractivity contribution >= 4 is 15.9 Å². The molecule has 1 fully saturated rings. The Bertz CT molecular complexity index is 816. The summed E-state index contributed by atoms with van der Waals surface area (Å²) in [7, 11) is 1.71. The fourth-order valence-electron chi connectivity index (χ4n) is 4.26. The van der Waals surface area contributed by atoms with Crippen molar-refractivity contribution < 1.29 is 14.6 Å². The van der Waals surface area contributed by atoms with Crippen LogP contribution < -0.4 is 15.2 Å². The Morgan fingerprint density at radius 3 is 2.50 bits per heavy atom. The molecule has 152 valence electrons. The van der Waals surface area contributed by atoms with Gasteiger partial charge in [0.2, 0.25) is 0 Å². The minimum atomic E-state index is -0.430. The van der Waals surface area contributed by atoms with Crippen LogP contribution in [-0.2, 0) is 6.42 Å². The van der Waals surface area contributed by atoms with E-state index in [-0.39, 0.29) is 6.61 Å². The van der Waals surface area contributed by atoms with Crippen LogP contribution in [0.2, 0.25) is 0 Å². The standard InChI is InChI=1S/C23H30BrNO3/c1-15-10-17(11-16(2)22(15)27-3)7-9-28-21-5-4-18(12-20(21)24)19-6-8-23(25,13-19)14-26/h4-5,10-12,19,26H,6-9,13-14,25H2,1-3H3/t19-,23+/m1/s1. The molecule has 2 atom stereocenters. The molecule has 1 aliphatic carbocycles. The zero-order valence-electron chi connectivity index (χ0n) is 16.9. The van der Waals surface area contributed by atoms with Gasteiger partial charge in [0.05, 0.1) is 24.8 Å². The van der Waals surface area contributed by atoms with Crippen molar-refractivity contribution in [2.75, 3.05) is 20.3 Å². The molecule has 2 aromatic carbocycles. The molecular formula is C23H30BrNO3. The Balaban J connectivity index is 1.60. The number of aliphatic hydroxyl groups excluding tert-OH is 1. The number of benzene rings is 2. The lowest BCUT2D eigenvalue weighted by Crippen LogP contribution is -2.40. The Labute approximate surface area is 176 Å². The number of hydrogen-bond acceptors (Lipinski definition) is 4. The SMILES string of the molecule is COc1c(C)cc(CCOc2ccc([C@@H]3CC[C@@](N)(CO)C3)cc2Br)cc1C. The lowest BCUT2D eigenvalue weighted by Gasteiger charge is -2.21. The van der Waals surface area contributed by atoms with Crippen molar-refractivity contribution in [1.29, 1.82) is 0 Å². The monoisotopic (exact) mass is 447 g/mol. The van der Waals surface area contributed by atoms with Gasteiger partial charge < -0.3 is 20.3 Å². The van der Waals surface area contributed by atoms with Gasteiger partial charge in [0.25, 0.3) is 0 Å². The van der Waals surface area contributed by atoms with E-state index < -0.39 is 5.54 Å². The molecule has 1 aliphatic rings. The van der Waals surface area contributed by atoms with Crippen LogP contribution in [0.4, 0.5) is 0 Å². The number of ether oxygens (including phenoxy) is 2. The van der Waals surface area contributed by atoms with Gasteiger partial charge in [-0.2, -0.15) is 0 Å². The summed E-state index contributed by atoms with van der Waals surface area (Å²) >= 11 is 3.65. The molecule has 28 heavy (non-hydrogen) atoms. The summed E-state index contributed by atoms with van der Waals surface area (Å²) in [4.78, 5) is 0. The van der Waals surface area contributed by atoms with Crippen molar-refractivity contribution in [2.45, 2.75) is 51.0 Å². The largest absolute Gasteiger partial charge is 0.496 e. The van der Waals surface area contributed by atoms with E-state index in [4.69, 9.17) is 15.2 Å². The van der Waals surface area contributed by atoms with Crippen molar-refractivity contribution in [2.24, 2.45) is 5.73 Å². The number of methoxy groups -OCH3 is 1. The first-order chi connectivity index (χ1) is 13.3. The van der Waals surface area contributed by atoms with Crippen molar-refractivity contribution in [3.05, 3.63) is 57.1 Å². The van der Waals surface area contributed by atoms with E-state index in [0.29, 0.717) is 12.5 Å². The maximum atomic E-state index is 9.48. The minimum absolute atomic E-state index is 0.0518. The highest BCUT2D eigenvalue weighted by Gasteiger charge is 2.35. The summed E-state index contributed by atoms with van der Waals surface area (Å²) in [5.41, 5.74) is 10.6. The summed E-state index contributed by atoms with van der Waals surface area (Å²) < 4.78 is 12.4. The molecule has 0 spiro atoms. The van der Waals surface area contributed by atoms with Crippen molar-refractivity contribution in [3.63, 3.8) is 0 Å². The number of hydrogen-bond donors (Lipinski definition) is 2. The van der Waals surface area contributed by atoms with E-state index in [9.17, 15) is 5.11 Å². The summed E-state index contributed by atoms with van der Waals surface area (Å²) in [5, 5.41) is 9.48. The molecule has 0 unspecified atom stereocenters. The molecule has 3 rings (SSSR count). The number of aryl methyl sites for hydroxylation is 2. The van der Waals surface area contributed by atoms with E-state index in [1.54, 1.807) is 7.11 Å². The lowest BCUT2D eigenvalue weighted by atomic mass is 9.94. The normalized spacial score (nSPS) is 21.7. The first-order valence-electron chi connectivity index (χ1n) is 9.81. The van der Waals surface area contributed by atoms with E-state index in [2.05, 4.69) is 54.0 Å². The highest BCUT2D eigenvalue weighted by atomic mass is 79.9. The number of aliphatic hydroxyl groups is 1. The lowest BCUT2D eigenvalue weighted by molar-refractivity contribution is 0.198. The van der Waals surface area contributed by atoms with Gasteiger partial charge in [-0.1, -0.05) is 18.2 Å². The van der Waals surface area contributed by atoms with Gasteiger partial charge in [0, 0.05) is 12.0 Å². The van der Waals surface area contributed by atoms with Gasteiger partial charge in [-0.3, -0.25) is 0 Å². The molecule has 3 N–H and O–H groups in total. The molecule has 0 heterocycles. The van der Waals surface area contributed by atoms with Crippen molar-refractivity contribution in [1.82, 2.24) is 0 Å². The van der Waals surface area contributed by atoms with Gasteiger partial charge in [0.1, 0.15) is 11.5 Å². The van der Waals surface area contributed by atoms with E-state index in [1.165, 1.54) is 11.1 Å². The quantitative estimate of drug-likeness (QED) is 0.647. The molecule has 1 saturated carbocycles. The highest BCUT2D eigenvalue weighted by Crippen LogP contribution is 2.41. The smallest absolute Gasteiger partial charge is 0.133 e. The van der Waals surface area contributed by atoms with Crippen LogP contribution >= 0.6 is 15.9 Å². The summed E-state index contributed by atoms with van der Waals surface area (Å²) in [6, 6.07) is 10.6.